The van der Waals surface area contributed by atoms with Crippen molar-refractivity contribution < 1.29 is 9.53 Å². The number of hydrazine groups is 1. The lowest BCUT2D eigenvalue weighted by molar-refractivity contribution is 0.146. The lowest BCUT2D eigenvalue weighted by atomic mass is 10.4. The van der Waals surface area contributed by atoms with E-state index in [4.69, 9.17) is 4.74 Å². The van der Waals surface area contributed by atoms with Gasteiger partial charge in [0.25, 0.3) is 0 Å². The Kier molecular flexibility index (Phi) is 4.60. The van der Waals surface area contributed by atoms with E-state index in [1.165, 1.54) is 12.8 Å². The molecule has 1 rings (SSSR count). The van der Waals surface area contributed by atoms with Gasteiger partial charge in [-0.15, -0.1) is 0 Å². The predicted molar refractivity (Wildman–Crippen MR) is 63.4 cm³/mol. The molecule has 1 aliphatic rings. The van der Waals surface area contributed by atoms with Crippen LogP contribution in [-0.4, -0.2) is 27.3 Å². The maximum Gasteiger partial charge on any atom is 0.421 e. The van der Waals surface area contributed by atoms with Crippen LogP contribution in [-0.2, 0) is 4.74 Å². The van der Waals surface area contributed by atoms with Crippen LogP contribution in [0.5, 0.6) is 0 Å². The summed E-state index contributed by atoms with van der Waals surface area (Å²) < 4.78 is 5.04. The molecule has 0 atom stereocenters. The normalized spacial score (nSPS) is 16.2. The number of carbonyl (C=O) groups excluding carboxylic acids is 1. The van der Waals surface area contributed by atoms with Crippen molar-refractivity contribution in [1.29, 1.82) is 0 Å². The number of amides is 1. The molecule has 0 aromatic rings. The van der Waals surface area contributed by atoms with Crippen LogP contribution in [0.25, 0.3) is 0 Å². The monoisotopic (exact) mass is 230 g/mol. The van der Waals surface area contributed by atoms with Crippen LogP contribution in [0.2, 0.25) is 25.7 Å². The highest BCUT2D eigenvalue weighted by molar-refractivity contribution is 6.76. The molecule has 1 saturated carbocycles. The molecule has 1 amide bonds. The van der Waals surface area contributed by atoms with E-state index in [1.807, 2.05) is 0 Å². The third-order valence-corrected chi connectivity index (χ3v) is 4.07. The number of rotatable bonds is 6. The van der Waals surface area contributed by atoms with Crippen LogP contribution in [0, 0.1) is 5.92 Å². The van der Waals surface area contributed by atoms with Crippen molar-refractivity contribution in [2.24, 2.45) is 5.92 Å². The molecule has 2 N–H and O–H groups in total. The Morgan fingerprint density at radius 3 is 2.60 bits per heavy atom. The van der Waals surface area contributed by atoms with Crippen LogP contribution < -0.4 is 10.9 Å². The first-order valence-electron chi connectivity index (χ1n) is 5.63. The van der Waals surface area contributed by atoms with Gasteiger partial charge in [-0.05, 0) is 24.8 Å². The molecule has 0 aromatic carbocycles. The van der Waals surface area contributed by atoms with Crippen molar-refractivity contribution in [3.05, 3.63) is 0 Å². The minimum absolute atomic E-state index is 0.353. The van der Waals surface area contributed by atoms with Crippen LogP contribution in [0.1, 0.15) is 12.8 Å². The second-order valence-corrected chi connectivity index (χ2v) is 11.0. The molecular weight excluding hydrogens is 208 g/mol. The molecule has 88 valence electrons. The van der Waals surface area contributed by atoms with Gasteiger partial charge in [0, 0.05) is 14.6 Å². The van der Waals surface area contributed by atoms with E-state index in [-0.39, 0.29) is 6.09 Å². The molecule has 0 spiro atoms. The molecule has 0 unspecified atom stereocenters. The average Bonchev–Trinajstić information content (AvgIpc) is 2.85. The lowest BCUT2D eigenvalue weighted by Crippen LogP contribution is -2.39. The molecule has 0 aromatic heterocycles. The SMILES string of the molecule is C[Si](C)(C)CCOC(=O)NNCC1CC1. The first-order valence-corrected chi connectivity index (χ1v) is 9.34. The molecule has 0 radical (unpaired) electrons. The maximum absolute atomic E-state index is 11.2. The average molecular weight is 230 g/mol. The summed E-state index contributed by atoms with van der Waals surface area (Å²) in [5.41, 5.74) is 5.43. The minimum Gasteiger partial charge on any atom is -0.449 e. The number of nitrogens with one attached hydrogen (secondary N) is 2. The number of carbonyl (C=O) groups is 1. The largest absolute Gasteiger partial charge is 0.449 e. The van der Waals surface area contributed by atoms with E-state index in [1.54, 1.807) is 0 Å². The predicted octanol–water partition coefficient (Wildman–Crippen LogP) is 1.97. The van der Waals surface area contributed by atoms with Crippen molar-refractivity contribution in [3.63, 3.8) is 0 Å². The second-order valence-electron chi connectivity index (χ2n) is 5.40. The van der Waals surface area contributed by atoms with E-state index in [0.29, 0.717) is 6.61 Å². The standard InChI is InChI=1S/C10H22N2O2Si/c1-15(2,3)7-6-14-10(13)12-11-8-9-4-5-9/h9,11H,4-8H2,1-3H3,(H,12,13). The Hall–Kier alpha value is -0.553. The van der Waals surface area contributed by atoms with E-state index >= 15 is 0 Å². The van der Waals surface area contributed by atoms with E-state index < -0.39 is 8.07 Å². The van der Waals surface area contributed by atoms with Gasteiger partial charge in [-0.3, -0.25) is 5.43 Å². The molecule has 0 bridgehead atoms. The summed E-state index contributed by atoms with van der Waals surface area (Å²) in [6.07, 6.45) is 2.20. The summed E-state index contributed by atoms with van der Waals surface area (Å²) in [6.45, 7) is 8.19. The van der Waals surface area contributed by atoms with Gasteiger partial charge in [0.15, 0.2) is 0 Å². The van der Waals surface area contributed by atoms with Crippen LogP contribution in [0.3, 0.4) is 0 Å². The lowest BCUT2D eigenvalue weighted by Gasteiger charge is -2.15. The van der Waals surface area contributed by atoms with E-state index in [9.17, 15) is 4.79 Å². The Morgan fingerprint density at radius 2 is 2.07 bits per heavy atom. The summed E-state index contributed by atoms with van der Waals surface area (Å²) in [7, 11) is -1.09. The van der Waals surface area contributed by atoms with Crippen LogP contribution >= 0.6 is 0 Å². The Bertz CT molecular complexity index is 212. The van der Waals surface area contributed by atoms with Crippen molar-refractivity contribution in [2.45, 2.75) is 38.5 Å². The van der Waals surface area contributed by atoms with Gasteiger partial charge in [0.2, 0.25) is 0 Å². The fraction of sp³-hybridized carbons (Fsp3) is 0.900. The molecule has 15 heavy (non-hydrogen) atoms. The van der Waals surface area contributed by atoms with Gasteiger partial charge in [-0.2, -0.15) is 0 Å². The van der Waals surface area contributed by atoms with Gasteiger partial charge < -0.3 is 4.74 Å². The smallest absolute Gasteiger partial charge is 0.421 e. The highest BCUT2D eigenvalue weighted by Gasteiger charge is 2.20. The third kappa shape index (κ3) is 7.38. The summed E-state index contributed by atoms with van der Waals surface area (Å²) in [5, 5.41) is 0. The topological polar surface area (TPSA) is 50.4 Å². The highest BCUT2D eigenvalue weighted by Crippen LogP contribution is 2.27. The summed E-state index contributed by atoms with van der Waals surface area (Å²) >= 11 is 0. The fourth-order valence-corrected chi connectivity index (χ4v) is 1.79. The quantitative estimate of drug-likeness (QED) is 0.542. The number of hydrogen-bond donors (Lipinski definition) is 2. The van der Waals surface area contributed by atoms with Crippen molar-refractivity contribution in [3.8, 4) is 0 Å². The van der Waals surface area contributed by atoms with Crippen molar-refractivity contribution >= 4 is 14.2 Å². The Morgan fingerprint density at radius 1 is 1.40 bits per heavy atom. The summed E-state index contributed by atoms with van der Waals surface area (Å²) in [5.74, 6) is 0.757. The number of ether oxygens (including phenoxy) is 1. The van der Waals surface area contributed by atoms with Gasteiger partial charge in [-0.1, -0.05) is 19.6 Å². The zero-order valence-corrected chi connectivity index (χ0v) is 10.9. The second kappa shape index (κ2) is 5.51. The Balaban J connectivity index is 1.93. The molecule has 1 fully saturated rings. The molecule has 1 aliphatic carbocycles. The molecule has 4 nitrogen and oxygen atoms in total. The molecular formula is C10H22N2O2Si. The summed E-state index contributed by atoms with van der Waals surface area (Å²) in [6, 6.07) is 1.02. The van der Waals surface area contributed by atoms with E-state index in [0.717, 1.165) is 18.5 Å². The van der Waals surface area contributed by atoms with Gasteiger partial charge in [0.1, 0.15) is 0 Å². The Labute approximate surface area is 92.7 Å². The van der Waals surface area contributed by atoms with Crippen molar-refractivity contribution in [1.82, 2.24) is 10.9 Å². The third-order valence-electron chi connectivity index (χ3n) is 2.36. The van der Waals surface area contributed by atoms with Crippen molar-refractivity contribution in [2.75, 3.05) is 13.2 Å². The minimum atomic E-state index is -1.09. The van der Waals surface area contributed by atoms with Gasteiger partial charge in [0.05, 0.1) is 6.61 Å². The molecule has 0 heterocycles. The molecule has 0 aliphatic heterocycles. The zero-order valence-electron chi connectivity index (χ0n) is 9.93. The van der Waals surface area contributed by atoms with Gasteiger partial charge >= 0.3 is 6.09 Å². The number of hydrogen-bond acceptors (Lipinski definition) is 3. The van der Waals surface area contributed by atoms with Crippen LogP contribution in [0.15, 0.2) is 0 Å². The van der Waals surface area contributed by atoms with Crippen LogP contribution in [0.4, 0.5) is 4.79 Å². The van der Waals surface area contributed by atoms with Gasteiger partial charge in [-0.25, -0.2) is 10.2 Å². The summed E-state index contributed by atoms with van der Waals surface area (Å²) in [4.78, 5) is 11.2. The molecule has 0 saturated heterocycles. The first kappa shape index (κ1) is 12.5. The van der Waals surface area contributed by atoms with E-state index in [2.05, 4.69) is 30.5 Å². The first-order chi connectivity index (χ1) is 6.97. The maximum atomic E-state index is 11.2. The highest BCUT2D eigenvalue weighted by atomic mass is 28.3. The fourth-order valence-electron chi connectivity index (χ4n) is 1.08. The zero-order chi connectivity index (χ0) is 11.3. The molecule has 5 heteroatoms.